The molecule has 0 nitrogen and oxygen atoms in total. The lowest BCUT2D eigenvalue weighted by molar-refractivity contribution is 0.712. The average molecular weight is 262 g/mol. The van der Waals surface area contributed by atoms with Crippen molar-refractivity contribution in [3.8, 4) is 0 Å². The highest BCUT2D eigenvalue weighted by molar-refractivity contribution is 5.65. The molecule has 0 heteroatoms. The molecule has 0 saturated heterocycles. The van der Waals surface area contributed by atoms with Crippen LogP contribution < -0.4 is 0 Å². The van der Waals surface area contributed by atoms with Gasteiger partial charge >= 0.3 is 0 Å². The van der Waals surface area contributed by atoms with E-state index in [0.29, 0.717) is 5.92 Å². The Morgan fingerprint density at radius 1 is 0.850 bits per heavy atom. The molecule has 0 radical (unpaired) electrons. The van der Waals surface area contributed by atoms with Gasteiger partial charge in [-0.15, -0.1) is 0 Å². The number of benzene rings is 2. The molecule has 0 bridgehead atoms. The van der Waals surface area contributed by atoms with Gasteiger partial charge < -0.3 is 0 Å². The molecule has 1 atom stereocenters. The van der Waals surface area contributed by atoms with Crippen molar-refractivity contribution >= 4 is 6.08 Å². The molecule has 0 spiro atoms. The lowest BCUT2D eigenvalue weighted by atomic mass is 9.88. The normalized spacial score (nSPS) is 16.4. The van der Waals surface area contributed by atoms with Crippen molar-refractivity contribution in [2.24, 2.45) is 0 Å². The van der Waals surface area contributed by atoms with Gasteiger partial charge in [-0.25, -0.2) is 0 Å². The van der Waals surface area contributed by atoms with Crippen LogP contribution in [0.2, 0.25) is 0 Å². The quantitative estimate of drug-likeness (QED) is 0.617. The van der Waals surface area contributed by atoms with Crippen LogP contribution in [0.3, 0.4) is 0 Å². The van der Waals surface area contributed by atoms with E-state index in [9.17, 15) is 0 Å². The van der Waals surface area contributed by atoms with Gasteiger partial charge in [-0.3, -0.25) is 0 Å². The minimum atomic E-state index is 0.448. The molecular weight excluding hydrogens is 240 g/mol. The van der Waals surface area contributed by atoms with E-state index < -0.39 is 0 Å². The zero-order valence-electron chi connectivity index (χ0n) is 12.2. The molecule has 102 valence electrons. The summed E-state index contributed by atoms with van der Waals surface area (Å²) in [5.41, 5.74) is 5.84. The second kappa shape index (κ2) is 6.09. The topological polar surface area (TPSA) is 0 Å². The predicted octanol–water partition coefficient (Wildman–Crippen LogP) is 5.58. The monoisotopic (exact) mass is 262 g/mol. The summed E-state index contributed by atoms with van der Waals surface area (Å²) in [6.45, 7) is 2.27. The minimum Gasteiger partial charge on any atom is -0.0720 e. The van der Waals surface area contributed by atoms with Crippen LogP contribution in [0.5, 0.6) is 0 Å². The number of hydrogen-bond donors (Lipinski definition) is 0. The van der Waals surface area contributed by atoms with Crippen LogP contribution in [0.4, 0.5) is 0 Å². The van der Waals surface area contributed by atoms with E-state index in [-0.39, 0.29) is 0 Å². The maximum atomic E-state index is 2.35. The van der Waals surface area contributed by atoms with Gasteiger partial charge in [0.15, 0.2) is 0 Å². The third kappa shape index (κ3) is 2.56. The van der Waals surface area contributed by atoms with Crippen LogP contribution in [0.15, 0.2) is 54.6 Å². The van der Waals surface area contributed by atoms with E-state index in [1.807, 2.05) is 0 Å². The molecule has 1 unspecified atom stereocenters. The molecule has 0 N–H and O–H groups in total. The molecule has 0 amide bonds. The predicted molar refractivity (Wildman–Crippen MR) is 87.0 cm³/mol. The minimum absolute atomic E-state index is 0.448. The lowest BCUT2D eigenvalue weighted by Gasteiger charge is -2.16. The molecule has 0 fully saturated rings. The van der Waals surface area contributed by atoms with Gasteiger partial charge in [0.05, 0.1) is 0 Å². The Hall–Kier alpha value is -1.82. The maximum absolute atomic E-state index is 2.35. The summed E-state index contributed by atoms with van der Waals surface area (Å²) in [5.74, 6) is 0.448. The molecule has 2 aromatic carbocycles. The Kier molecular flexibility index (Phi) is 4.01. The second-order valence-electron chi connectivity index (χ2n) is 5.62. The van der Waals surface area contributed by atoms with Gasteiger partial charge in [0, 0.05) is 5.92 Å². The summed E-state index contributed by atoms with van der Waals surface area (Å²) in [6.07, 6.45) is 9.73. The van der Waals surface area contributed by atoms with E-state index in [1.165, 1.54) is 47.9 Å². The largest absolute Gasteiger partial charge is 0.0720 e. The number of unbranched alkanes of at least 4 members (excludes halogenated alkanes) is 2. The summed E-state index contributed by atoms with van der Waals surface area (Å²) >= 11 is 0. The summed E-state index contributed by atoms with van der Waals surface area (Å²) in [6, 6.07) is 17.7. The average Bonchev–Trinajstić information content (AvgIpc) is 2.92. The van der Waals surface area contributed by atoms with Gasteiger partial charge in [0.1, 0.15) is 0 Å². The van der Waals surface area contributed by atoms with Crippen LogP contribution >= 0.6 is 0 Å². The Morgan fingerprint density at radius 2 is 1.60 bits per heavy atom. The van der Waals surface area contributed by atoms with Crippen molar-refractivity contribution in [3.05, 3.63) is 76.9 Å². The van der Waals surface area contributed by atoms with Gasteiger partial charge in [0.2, 0.25) is 0 Å². The first kappa shape index (κ1) is 13.2. The lowest BCUT2D eigenvalue weighted by Crippen LogP contribution is -2.01. The van der Waals surface area contributed by atoms with Crippen molar-refractivity contribution in [3.63, 3.8) is 0 Å². The molecule has 1 aliphatic carbocycles. The summed E-state index contributed by atoms with van der Waals surface area (Å²) in [4.78, 5) is 0. The summed E-state index contributed by atoms with van der Waals surface area (Å²) in [7, 11) is 0. The first-order chi connectivity index (χ1) is 9.90. The second-order valence-corrected chi connectivity index (χ2v) is 5.62. The molecule has 0 saturated carbocycles. The van der Waals surface area contributed by atoms with Crippen LogP contribution in [-0.4, -0.2) is 0 Å². The third-order valence-corrected chi connectivity index (χ3v) is 4.24. The number of aryl methyl sites for hydroxylation is 1. The van der Waals surface area contributed by atoms with Gasteiger partial charge in [-0.2, -0.15) is 0 Å². The smallest absolute Gasteiger partial charge is 0.0281 e. The van der Waals surface area contributed by atoms with Crippen molar-refractivity contribution in [1.29, 1.82) is 0 Å². The molecule has 3 rings (SSSR count). The molecule has 0 aromatic heterocycles. The number of rotatable bonds is 5. The maximum Gasteiger partial charge on any atom is 0.0281 e. The fraction of sp³-hybridized carbons (Fsp3) is 0.300. The fourth-order valence-corrected chi connectivity index (χ4v) is 3.15. The molecule has 1 aliphatic rings. The fourth-order valence-electron chi connectivity index (χ4n) is 3.15. The highest BCUT2D eigenvalue weighted by Crippen LogP contribution is 2.36. The Balaban J connectivity index is 1.90. The highest BCUT2D eigenvalue weighted by Gasteiger charge is 2.20. The van der Waals surface area contributed by atoms with Gasteiger partial charge in [0.25, 0.3) is 0 Å². The first-order valence-electron chi connectivity index (χ1n) is 7.75. The number of hydrogen-bond acceptors (Lipinski definition) is 0. The zero-order chi connectivity index (χ0) is 13.8. The zero-order valence-corrected chi connectivity index (χ0v) is 12.2. The van der Waals surface area contributed by atoms with E-state index in [4.69, 9.17) is 0 Å². The van der Waals surface area contributed by atoms with Crippen molar-refractivity contribution in [1.82, 2.24) is 0 Å². The van der Waals surface area contributed by atoms with Crippen molar-refractivity contribution in [2.75, 3.05) is 0 Å². The van der Waals surface area contributed by atoms with Crippen LogP contribution in [0, 0.1) is 0 Å². The van der Waals surface area contributed by atoms with E-state index in [2.05, 4.69) is 67.6 Å². The SMILES string of the molecule is CCCCCc1ccccc1C1C=Cc2ccccc21. The molecule has 20 heavy (non-hydrogen) atoms. The Labute approximate surface area is 122 Å². The standard InChI is InChI=1S/C20H22/c1-2-3-4-9-16-10-5-7-12-18(16)20-15-14-17-11-6-8-13-19(17)20/h5-8,10-15,20H,2-4,9H2,1H3. The van der Waals surface area contributed by atoms with E-state index >= 15 is 0 Å². The molecule has 0 aliphatic heterocycles. The Morgan fingerprint density at radius 3 is 2.45 bits per heavy atom. The first-order valence-corrected chi connectivity index (χ1v) is 7.75. The van der Waals surface area contributed by atoms with Crippen molar-refractivity contribution < 1.29 is 0 Å². The molecule has 0 heterocycles. The number of allylic oxidation sites excluding steroid dienone is 1. The van der Waals surface area contributed by atoms with Crippen LogP contribution in [0.1, 0.15) is 54.4 Å². The van der Waals surface area contributed by atoms with Crippen LogP contribution in [-0.2, 0) is 6.42 Å². The summed E-state index contributed by atoms with van der Waals surface area (Å²) < 4.78 is 0. The van der Waals surface area contributed by atoms with Crippen molar-refractivity contribution in [2.45, 2.75) is 38.5 Å². The Bertz CT molecular complexity index is 607. The van der Waals surface area contributed by atoms with E-state index in [1.54, 1.807) is 0 Å². The van der Waals surface area contributed by atoms with E-state index in [0.717, 1.165) is 0 Å². The molecule has 2 aromatic rings. The van der Waals surface area contributed by atoms with Gasteiger partial charge in [-0.1, -0.05) is 80.4 Å². The highest BCUT2D eigenvalue weighted by atomic mass is 14.2. The van der Waals surface area contributed by atoms with Crippen LogP contribution in [0.25, 0.3) is 6.08 Å². The number of fused-ring (bicyclic) bond motifs is 1. The molecular formula is C20H22. The third-order valence-electron chi connectivity index (χ3n) is 4.24. The summed E-state index contributed by atoms with van der Waals surface area (Å²) in [5, 5.41) is 0. The van der Waals surface area contributed by atoms with Gasteiger partial charge in [-0.05, 0) is 35.1 Å².